The van der Waals surface area contributed by atoms with Crippen molar-refractivity contribution in [3.63, 3.8) is 0 Å². The maximum Gasteiger partial charge on any atom is 0.305 e. The summed E-state index contributed by atoms with van der Waals surface area (Å²) in [5.74, 6) is 0.989. The van der Waals surface area contributed by atoms with E-state index in [1.807, 2.05) is 17.0 Å². The minimum atomic E-state index is -0.200. The smallest absolute Gasteiger partial charge is 0.305 e. The standard InChI is InChI=1S/C26H37N3O5/c1-32-18-23-6-3-10-29(23)22-7-8-24-21(13-22)15-27-16-25(30)28-11-9-19(14-26(31)33-2)20(17-28)5-4-12-34-24/h4-5,7-8,13,19-20,23,27H,3,6,9-12,14-18H2,1-2H3/b5-4+/t19-,20-,23-/m0/s1. The van der Waals surface area contributed by atoms with Crippen LogP contribution in [0.25, 0.3) is 0 Å². The predicted molar refractivity (Wildman–Crippen MR) is 130 cm³/mol. The first-order chi connectivity index (χ1) is 16.6. The largest absolute Gasteiger partial charge is 0.489 e. The Bertz CT molecular complexity index is 889. The summed E-state index contributed by atoms with van der Waals surface area (Å²) >= 11 is 0. The molecule has 2 bridgehead atoms. The molecule has 8 heteroatoms. The SMILES string of the molecule is COC[C@@H]1CCCN1c1ccc2c(c1)CNCC(=O)N1CC[C@@H](CC(=O)OC)[C@@H](/C=C/CO2)C1. The predicted octanol–water partition coefficient (Wildman–Crippen LogP) is 2.37. The quantitative estimate of drug-likeness (QED) is 0.522. The van der Waals surface area contributed by atoms with Gasteiger partial charge in [0.05, 0.1) is 26.3 Å². The highest BCUT2D eigenvalue weighted by Gasteiger charge is 2.31. The molecule has 0 unspecified atom stereocenters. The molecule has 34 heavy (non-hydrogen) atoms. The average Bonchev–Trinajstić information content (AvgIpc) is 3.31. The van der Waals surface area contributed by atoms with Crippen LogP contribution in [0.2, 0.25) is 0 Å². The summed E-state index contributed by atoms with van der Waals surface area (Å²) in [4.78, 5) is 29.1. The molecule has 0 aliphatic carbocycles. The number of esters is 1. The highest BCUT2D eigenvalue weighted by atomic mass is 16.5. The molecule has 3 aliphatic heterocycles. The van der Waals surface area contributed by atoms with Gasteiger partial charge in [-0.15, -0.1) is 0 Å². The number of benzene rings is 1. The Morgan fingerprint density at radius 3 is 2.91 bits per heavy atom. The van der Waals surface area contributed by atoms with Crippen LogP contribution in [0.5, 0.6) is 5.75 Å². The zero-order valence-corrected chi connectivity index (χ0v) is 20.3. The summed E-state index contributed by atoms with van der Waals surface area (Å²) in [6.07, 6.45) is 7.57. The van der Waals surface area contributed by atoms with Crippen molar-refractivity contribution in [3.05, 3.63) is 35.9 Å². The van der Waals surface area contributed by atoms with E-state index in [1.165, 1.54) is 12.8 Å². The van der Waals surface area contributed by atoms with Crippen LogP contribution in [0.4, 0.5) is 5.69 Å². The van der Waals surface area contributed by atoms with Gasteiger partial charge in [0.25, 0.3) is 0 Å². The van der Waals surface area contributed by atoms with Gasteiger partial charge in [-0.25, -0.2) is 0 Å². The third-order valence-corrected chi connectivity index (χ3v) is 7.24. The van der Waals surface area contributed by atoms with Crippen LogP contribution < -0.4 is 15.0 Å². The van der Waals surface area contributed by atoms with Crippen molar-refractivity contribution in [2.24, 2.45) is 11.8 Å². The Kier molecular flexibility index (Phi) is 8.45. The molecule has 3 aliphatic rings. The minimum Gasteiger partial charge on any atom is -0.489 e. The molecule has 0 aromatic heterocycles. The van der Waals surface area contributed by atoms with Gasteiger partial charge in [0.15, 0.2) is 0 Å². The van der Waals surface area contributed by atoms with Gasteiger partial charge in [-0.05, 0) is 49.3 Å². The fraction of sp³-hybridized carbons (Fsp3) is 0.615. The van der Waals surface area contributed by atoms with Gasteiger partial charge >= 0.3 is 5.97 Å². The molecule has 2 fully saturated rings. The molecule has 4 rings (SSSR count). The molecule has 3 atom stereocenters. The molecule has 2 saturated heterocycles. The molecule has 1 N–H and O–H groups in total. The van der Waals surface area contributed by atoms with Gasteiger partial charge in [0, 0.05) is 51.0 Å². The number of ether oxygens (including phenoxy) is 3. The number of nitrogens with zero attached hydrogens (tertiary/aromatic N) is 2. The fourth-order valence-corrected chi connectivity index (χ4v) is 5.37. The summed E-state index contributed by atoms with van der Waals surface area (Å²) < 4.78 is 16.4. The third kappa shape index (κ3) is 5.91. The highest BCUT2D eigenvalue weighted by Crippen LogP contribution is 2.31. The first-order valence-corrected chi connectivity index (χ1v) is 12.3. The van der Waals surface area contributed by atoms with Crippen LogP contribution in [0.15, 0.2) is 30.4 Å². The lowest BCUT2D eigenvalue weighted by Crippen LogP contribution is -2.46. The summed E-state index contributed by atoms with van der Waals surface area (Å²) in [5, 5.41) is 3.33. The minimum absolute atomic E-state index is 0.0903. The Morgan fingerprint density at radius 1 is 1.21 bits per heavy atom. The maximum atomic E-state index is 12.9. The molecule has 1 aromatic rings. The zero-order chi connectivity index (χ0) is 23.9. The number of amides is 1. The van der Waals surface area contributed by atoms with E-state index in [2.05, 4.69) is 28.4 Å². The van der Waals surface area contributed by atoms with Gasteiger partial charge in [0.2, 0.25) is 5.91 Å². The Labute approximate surface area is 202 Å². The number of hydrogen-bond acceptors (Lipinski definition) is 7. The molecule has 1 aromatic carbocycles. The van der Waals surface area contributed by atoms with Crippen molar-refractivity contribution in [3.8, 4) is 5.75 Å². The lowest BCUT2D eigenvalue weighted by Gasteiger charge is -2.37. The van der Waals surface area contributed by atoms with E-state index >= 15 is 0 Å². The van der Waals surface area contributed by atoms with Crippen LogP contribution in [0.1, 0.15) is 31.2 Å². The normalized spacial score (nSPS) is 26.5. The molecule has 0 saturated carbocycles. The van der Waals surface area contributed by atoms with Gasteiger partial charge in [-0.2, -0.15) is 0 Å². The highest BCUT2D eigenvalue weighted by molar-refractivity contribution is 5.78. The molecule has 0 spiro atoms. The molecular formula is C26H37N3O5. The van der Waals surface area contributed by atoms with Crippen molar-refractivity contribution in [2.45, 2.75) is 38.3 Å². The van der Waals surface area contributed by atoms with Crippen LogP contribution in [0.3, 0.4) is 0 Å². The maximum absolute atomic E-state index is 12.9. The van der Waals surface area contributed by atoms with E-state index in [4.69, 9.17) is 14.2 Å². The Morgan fingerprint density at radius 2 is 2.09 bits per heavy atom. The van der Waals surface area contributed by atoms with Gasteiger partial charge in [-0.1, -0.05) is 12.2 Å². The lowest BCUT2D eigenvalue weighted by atomic mass is 9.83. The number of rotatable bonds is 5. The summed E-state index contributed by atoms with van der Waals surface area (Å²) in [7, 11) is 3.17. The number of carbonyl (C=O) groups is 2. The van der Waals surface area contributed by atoms with E-state index in [-0.39, 0.29) is 30.3 Å². The third-order valence-electron chi connectivity index (χ3n) is 7.24. The average molecular weight is 472 g/mol. The first-order valence-electron chi connectivity index (χ1n) is 12.3. The molecule has 0 radical (unpaired) electrons. The van der Waals surface area contributed by atoms with E-state index in [0.717, 1.165) is 43.7 Å². The molecule has 8 nitrogen and oxygen atoms in total. The number of hydrogen-bond donors (Lipinski definition) is 1. The number of methoxy groups -OCH3 is 2. The van der Waals surface area contributed by atoms with Crippen LogP contribution in [-0.4, -0.2) is 76.4 Å². The van der Waals surface area contributed by atoms with E-state index in [1.54, 1.807) is 7.11 Å². The summed E-state index contributed by atoms with van der Waals surface area (Å²) in [5.41, 5.74) is 2.21. The van der Waals surface area contributed by atoms with E-state index < -0.39 is 0 Å². The van der Waals surface area contributed by atoms with Crippen molar-refractivity contribution in [2.75, 3.05) is 58.5 Å². The summed E-state index contributed by atoms with van der Waals surface area (Å²) in [6, 6.07) is 6.72. The number of fused-ring (bicyclic) bond motifs is 3. The lowest BCUT2D eigenvalue weighted by molar-refractivity contribution is -0.142. The topological polar surface area (TPSA) is 80.3 Å². The van der Waals surface area contributed by atoms with Crippen LogP contribution in [-0.2, 0) is 25.6 Å². The van der Waals surface area contributed by atoms with Crippen LogP contribution in [0, 0.1) is 11.8 Å². The van der Waals surface area contributed by atoms with Crippen molar-refractivity contribution in [1.29, 1.82) is 0 Å². The van der Waals surface area contributed by atoms with Gasteiger partial charge < -0.3 is 29.3 Å². The second kappa shape index (κ2) is 11.7. The molecular weight excluding hydrogens is 434 g/mol. The van der Waals surface area contributed by atoms with Crippen molar-refractivity contribution < 1.29 is 23.8 Å². The monoisotopic (exact) mass is 471 g/mol. The number of carbonyl (C=O) groups excluding carboxylic acids is 2. The second-order valence-corrected chi connectivity index (χ2v) is 9.41. The van der Waals surface area contributed by atoms with Crippen LogP contribution >= 0.6 is 0 Å². The van der Waals surface area contributed by atoms with E-state index in [9.17, 15) is 9.59 Å². The fourth-order valence-electron chi connectivity index (χ4n) is 5.37. The van der Waals surface area contributed by atoms with Crippen molar-refractivity contribution in [1.82, 2.24) is 10.2 Å². The number of nitrogens with one attached hydrogen (secondary N) is 1. The first kappa shape index (κ1) is 24.5. The Hall–Kier alpha value is -2.58. The van der Waals surface area contributed by atoms with E-state index in [0.29, 0.717) is 38.7 Å². The number of piperidine rings is 1. The number of anilines is 1. The van der Waals surface area contributed by atoms with Crippen molar-refractivity contribution >= 4 is 17.6 Å². The summed E-state index contributed by atoms with van der Waals surface area (Å²) in [6.45, 7) is 4.30. The molecule has 1 amide bonds. The molecule has 3 heterocycles. The van der Waals surface area contributed by atoms with Gasteiger partial charge in [0.1, 0.15) is 12.4 Å². The van der Waals surface area contributed by atoms with Gasteiger partial charge in [-0.3, -0.25) is 9.59 Å². The second-order valence-electron chi connectivity index (χ2n) is 9.41. The zero-order valence-electron chi connectivity index (χ0n) is 20.3. The molecule has 186 valence electrons. The Balaban J connectivity index is 1.51.